The summed E-state index contributed by atoms with van der Waals surface area (Å²) in [6.07, 6.45) is -6.19. The minimum atomic E-state index is -1.49. The zero-order valence-electron chi connectivity index (χ0n) is 28.8. The van der Waals surface area contributed by atoms with Gasteiger partial charge in [-0.25, -0.2) is 4.39 Å². The van der Waals surface area contributed by atoms with E-state index in [9.17, 15) is 39.8 Å². The van der Waals surface area contributed by atoms with Crippen molar-refractivity contribution in [2.24, 2.45) is 5.92 Å². The largest absolute Gasteiger partial charge is 0.508 e. The van der Waals surface area contributed by atoms with Crippen LogP contribution in [0.15, 0.2) is 121 Å². The molecule has 274 valence electrons. The lowest BCUT2D eigenvalue weighted by molar-refractivity contribution is -0.231. The van der Waals surface area contributed by atoms with Crippen LogP contribution in [0.4, 0.5) is 10.1 Å². The Balaban J connectivity index is 1.17. The van der Waals surface area contributed by atoms with E-state index in [1.54, 1.807) is 47.4 Å². The molecule has 7 rings (SSSR count). The molecule has 5 aromatic rings. The second-order valence-electron chi connectivity index (χ2n) is 13.9. The maximum absolute atomic E-state index is 13.8. The maximum atomic E-state index is 13.8. The van der Waals surface area contributed by atoms with Gasteiger partial charge in [-0.2, -0.15) is 0 Å². The minimum Gasteiger partial charge on any atom is -0.508 e. The lowest BCUT2D eigenvalue weighted by Crippen LogP contribution is -2.55. The molecule has 2 aliphatic rings. The number of aliphatic hydroxyl groups is 5. The molecule has 0 bridgehead atoms. The van der Waals surface area contributed by atoms with E-state index in [-0.39, 0.29) is 29.8 Å². The first-order chi connectivity index (χ1) is 25.6. The predicted octanol–water partition coefficient (Wildman–Crippen LogP) is 5.99. The van der Waals surface area contributed by atoms with E-state index in [1.165, 1.54) is 12.1 Å². The third kappa shape index (κ3) is 7.48. The van der Waals surface area contributed by atoms with Crippen LogP contribution in [-0.2, 0) is 9.53 Å². The highest BCUT2D eigenvalue weighted by atomic mass is 19.1. The van der Waals surface area contributed by atoms with Crippen molar-refractivity contribution >= 4 is 11.6 Å². The fourth-order valence-corrected chi connectivity index (χ4v) is 7.64. The predicted molar refractivity (Wildman–Crippen MR) is 197 cm³/mol. The van der Waals surface area contributed by atoms with Gasteiger partial charge < -0.3 is 40.3 Å². The number of halogens is 1. The van der Waals surface area contributed by atoms with Crippen LogP contribution in [-0.4, -0.2) is 67.6 Å². The first kappa shape index (κ1) is 36.4. The molecule has 5 aromatic carbocycles. The van der Waals surface area contributed by atoms with Crippen LogP contribution < -0.4 is 4.90 Å². The Kier molecular flexibility index (Phi) is 10.7. The van der Waals surface area contributed by atoms with Crippen LogP contribution in [0.25, 0.3) is 22.3 Å². The average molecular weight is 720 g/mol. The van der Waals surface area contributed by atoms with Gasteiger partial charge in [-0.1, -0.05) is 91.0 Å². The van der Waals surface area contributed by atoms with Crippen LogP contribution in [0.1, 0.15) is 54.2 Å². The van der Waals surface area contributed by atoms with Crippen molar-refractivity contribution < 1.29 is 44.6 Å². The lowest BCUT2D eigenvalue weighted by atomic mass is 9.86. The van der Waals surface area contributed by atoms with E-state index in [4.69, 9.17) is 4.74 Å². The summed E-state index contributed by atoms with van der Waals surface area (Å²) in [6, 6.07) is 35.2. The van der Waals surface area contributed by atoms with Crippen molar-refractivity contribution in [3.8, 4) is 28.0 Å². The Morgan fingerprint density at radius 1 is 0.755 bits per heavy atom. The molecule has 2 heterocycles. The van der Waals surface area contributed by atoms with Gasteiger partial charge in [0.15, 0.2) is 0 Å². The molecule has 1 amide bonds. The van der Waals surface area contributed by atoms with Crippen LogP contribution in [0, 0.1) is 11.7 Å². The number of amides is 1. The molecule has 9 nitrogen and oxygen atoms in total. The zero-order valence-corrected chi connectivity index (χ0v) is 28.8. The van der Waals surface area contributed by atoms with Gasteiger partial charge in [0.2, 0.25) is 5.91 Å². The number of nitrogens with zero attached hydrogens (tertiary/aromatic N) is 1. The number of phenolic OH excluding ortho intramolecular Hbond substituents is 1. The number of aliphatic hydroxyl groups excluding tert-OH is 5. The number of rotatable bonds is 10. The number of phenols is 1. The number of anilines is 1. The number of carbonyl (C=O) groups is 1. The standard InChI is InChI=1S/C43H42FNO8/c44-32-16-10-28(11-17-32)35(47)21-15-31-23-38(49)45(33-18-12-26(13-19-33)25-4-2-1-3-5-25)39(31)34-20-14-30(22-36(34)48)27-6-8-29(9-7-27)43-42(52)41(51)40(50)37(24-46)53-43/h1-14,16-20,22,31,35,37,39-43,46-48,50-52H,15,21,23-24H2/t31-,35+,37-,39+,40-,41+,42-,43?/m1/s1. The average Bonchev–Trinajstić information content (AvgIpc) is 3.52. The fraction of sp³-hybridized carbons (Fsp3) is 0.279. The molecule has 2 fully saturated rings. The van der Waals surface area contributed by atoms with Gasteiger partial charge in [0.25, 0.3) is 0 Å². The summed E-state index contributed by atoms with van der Waals surface area (Å²) in [5.41, 5.74) is 5.86. The zero-order chi connectivity index (χ0) is 37.2. The number of benzene rings is 5. The van der Waals surface area contributed by atoms with Crippen LogP contribution >= 0.6 is 0 Å². The number of aromatic hydroxyl groups is 1. The molecule has 0 spiro atoms. The van der Waals surface area contributed by atoms with Gasteiger partial charge >= 0.3 is 0 Å². The Morgan fingerprint density at radius 3 is 2.04 bits per heavy atom. The van der Waals surface area contributed by atoms with Crippen LogP contribution in [0.5, 0.6) is 5.75 Å². The van der Waals surface area contributed by atoms with E-state index in [1.807, 2.05) is 66.7 Å². The van der Waals surface area contributed by atoms with Crippen molar-refractivity contribution in [1.82, 2.24) is 0 Å². The summed E-state index contributed by atoms with van der Waals surface area (Å²) >= 11 is 0. The van der Waals surface area contributed by atoms with Gasteiger partial charge in [0.1, 0.15) is 42.1 Å². The monoisotopic (exact) mass is 719 g/mol. The van der Waals surface area contributed by atoms with Gasteiger partial charge in [0, 0.05) is 17.7 Å². The number of hydrogen-bond donors (Lipinski definition) is 6. The summed E-state index contributed by atoms with van der Waals surface area (Å²) in [4.78, 5) is 15.5. The number of ether oxygens (including phenoxy) is 1. The van der Waals surface area contributed by atoms with Crippen molar-refractivity contribution in [1.29, 1.82) is 0 Å². The van der Waals surface area contributed by atoms with Gasteiger partial charge in [-0.15, -0.1) is 0 Å². The Hall–Kier alpha value is -4.94. The van der Waals surface area contributed by atoms with E-state index in [0.717, 1.165) is 16.7 Å². The quantitative estimate of drug-likeness (QED) is 0.103. The Bertz CT molecular complexity index is 2010. The molecule has 2 saturated heterocycles. The molecule has 10 heteroatoms. The molecule has 8 atom stereocenters. The second kappa shape index (κ2) is 15.6. The minimum absolute atomic E-state index is 0.00445. The van der Waals surface area contributed by atoms with Crippen molar-refractivity contribution in [3.05, 3.63) is 144 Å². The summed E-state index contributed by atoms with van der Waals surface area (Å²) in [5, 5.41) is 63.1. The second-order valence-corrected chi connectivity index (χ2v) is 13.9. The third-order valence-corrected chi connectivity index (χ3v) is 10.6. The first-order valence-corrected chi connectivity index (χ1v) is 17.8. The van der Waals surface area contributed by atoms with Crippen LogP contribution in [0.3, 0.4) is 0 Å². The molecule has 53 heavy (non-hydrogen) atoms. The molecule has 2 aliphatic heterocycles. The smallest absolute Gasteiger partial charge is 0.227 e. The summed E-state index contributed by atoms with van der Waals surface area (Å²) < 4.78 is 19.2. The lowest BCUT2D eigenvalue weighted by Gasteiger charge is -2.40. The van der Waals surface area contributed by atoms with Crippen molar-refractivity contribution in [3.63, 3.8) is 0 Å². The molecule has 1 unspecified atom stereocenters. The van der Waals surface area contributed by atoms with Gasteiger partial charge in [-0.05, 0) is 82.5 Å². The molecule has 0 aliphatic carbocycles. The highest BCUT2D eigenvalue weighted by Crippen LogP contribution is 2.47. The summed E-state index contributed by atoms with van der Waals surface area (Å²) in [5.74, 6) is -0.743. The fourth-order valence-electron chi connectivity index (χ4n) is 7.64. The van der Waals surface area contributed by atoms with E-state index in [0.29, 0.717) is 40.8 Å². The van der Waals surface area contributed by atoms with Crippen molar-refractivity contribution in [2.75, 3.05) is 11.5 Å². The van der Waals surface area contributed by atoms with E-state index < -0.39 is 49.3 Å². The first-order valence-electron chi connectivity index (χ1n) is 17.8. The summed E-state index contributed by atoms with van der Waals surface area (Å²) in [6.45, 7) is -0.524. The molecule has 0 aromatic heterocycles. The highest BCUT2D eigenvalue weighted by Gasteiger charge is 2.44. The van der Waals surface area contributed by atoms with Gasteiger partial charge in [0.05, 0.1) is 18.8 Å². The topological polar surface area (TPSA) is 151 Å². The van der Waals surface area contributed by atoms with E-state index >= 15 is 0 Å². The SMILES string of the molecule is O=C1C[C@@H](CC[C@H](O)c2ccc(F)cc2)[C@@H](c2ccc(-c3ccc(C4O[C@H](CO)[C@@H](O)[C@H](O)[C@H]4O)cc3)cc2O)N1c1ccc(-c2ccccc2)cc1. The van der Waals surface area contributed by atoms with Crippen molar-refractivity contribution in [2.45, 2.75) is 61.9 Å². The molecule has 0 radical (unpaired) electrons. The van der Waals surface area contributed by atoms with Crippen LogP contribution in [0.2, 0.25) is 0 Å². The third-order valence-electron chi connectivity index (χ3n) is 10.6. The molecular weight excluding hydrogens is 677 g/mol. The molecule has 0 saturated carbocycles. The highest BCUT2D eigenvalue weighted by molar-refractivity contribution is 5.97. The molecule has 6 N–H and O–H groups in total. The maximum Gasteiger partial charge on any atom is 0.227 e. The van der Waals surface area contributed by atoms with Gasteiger partial charge in [-0.3, -0.25) is 4.79 Å². The Morgan fingerprint density at radius 2 is 1.38 bits per heavy atom. The van der Waals surface area contributed by atoms with E-state index in [2.05, 4.69) is 0 Å². The number of hydrogen-bond acceptors (Lipinski definition) is 8. The number of carbonyl (C=O) groups excluding carboxylic acids is 1. The Labute approximate surface area is 306 Å². The normalized spacial score (nSPS) is 25.1. The summed E-state index contributed by atoms with van der Waals surface area (Å²) in [7, 11) is 0. The molecular formula is C43H42FNO8.